The Balaban J connectivity index is 1.43. The van der Waals surface area contributed by atoms with Gasteiger partial charge in [-0.05, 0) is 130 Å². The van der Waals surface area contributed by atoms with Crippen LogP contribution in [0.4, 0.5) is 39.6 Å². The molecule has 8 aromatic rings. The molecule has 0 radical (unpaired) electrons. The molecule has 90 heavy (non-hydrogen) atoms. The maximum atomic E-state index is 14.2. The molecule has 4 heterocycles. The molecule has 0 saturated carbocycles. The van der Waals surface area contributed by atoms with Gasteiger partial charge >= 0.3 is 23.9 Å². The molecule has 0 atom stereocenters. The van der Waals surface area contributed by atoms with Gasteiger partial charge in [-0.3, -0.25) is 24.1 Å². The van der Waals surface area contributed by atoms with Gasteiger partial charge in [0.15, 0.2) is 16.8 Å². The Morgan fingerprint density at radius 2 is 1.08 bits per heavy atom. The first-order valence-electron chi connectivity index (χ1n) is 26.3. The SMILES string of the molecule is Cc1cc(N(c2nc3ccc(S(=O)(=O)NCC(=O)O)cc3s2)c2c(C)cc(C)c(S(=O)(=O)NCC(=O)O)c2C)nc(Nc2c(C)cc(C)c(S(=O)(=O)NCC(=O)O)c2C)c1N=Nc1c(C#N)c(C(C)(C)C)nn1-c1nc2ccc(S(=O)(=O)NCC(=O)O)cc2s1. The smallest absolute Gasteiger partial charge is 0.318 e. The summed E-state index contributed by atoms with van der Waals surface area (Å²) >= 11 is 1.85. The van der Waals surface area contributed by atoms with Gasteiger partial charge in [-0.25, -0.2) is 48.6 Å². The lowest BCUT2D eigenvalue weighted by atomic mass is 9.90. The van der Waals surface area contributed by atoms with Gasteiger partial charge in [0, 0.05) is 11.1 Å². The van der Waals surface area contributed by atoms with Crippen LogP contribution in [-0.2, 0) is 64.7 Å². The van der Waals surface area contributed by atoms with E-state index in [0.29, 0.717) is 15.8 Å². The quantitative estimate of drug-likeness (QED) is 0.0278. The van der Waals surface area contributed by atoms with Crippen LogP contribution in [0.2, 0.25) is 0 Å². The summed E-state index contributed by atoms with van der Waals surface area (Å²) in [6.07, 6.45) is 0. The fourth-order valence-electron chi connectivity index (χ4n) is 9.70. The Hall–Kier alpha value is -8.77. The number of carboxylic acids is 4. The second-order valence-electron chi connectivity index (χ2n) is 21.3. The molecule has 0 saturated heterocycles. The van der Waals surface area contributed by atoms with E-state index in [1.807, 2.05) is 9.44 Å². The van der Waals surface area contributed by atoms with Gasteiger partial charge in [0.25, 0.3) is 0 Å². The van der Waals surface area contributed by atoms with Gasteiger partial charge in [0.2, 0.25) is 45.2 Å². The van der Waals surface area contributed by atoms with Crippen LogP contribution in [0, 0.1) is 59.8 Å². The lowest BCUT2D eigenvalue weighted by Crippen LogP contribution is -2.31. The van der Waals surface area contributed by atoms with Crippen LogP contribution >= 0.6 is 22.7 Å². The number of nitrogens with one attached hydrogen (secondary N) is 5. The molecule has 30 nitrogen and oxygen atoms in total. The molecule has 0 spiro atoms. The van der Waals surface area contributed by atoms with Crippen LogP contribution in [0.25, 0.3) is 25.6 Å². The second kappa shape index (κ2) is 25.3. The summed E-state index contributed by atoms with van der Waals surface area (Å²) in [6, 6.07) is 14.4. The first kappa shape index (κ1) is 67.2. The number of benzene rings is 4. The van der Waals surface area contributed by atoms with Crippen LogP contribution < -0.4 is 29.1 Å². The highest BCUT2D eigenvalue weighted by atomic mass is 32.2. The van der Waals surface area contributed by atoms with Gasteiger partial charge in [0.05, 0.1) is 51.4 Å². The van der Waals surface area contributed by atoms with E-state index in [2.05, 4.69) is 30.9 Å². The van der Waals surface area contributed by atoms with Gasteiger partial charge in [-0.15, -0.1) is 10.2 Å². The number of aromatic nitrogens is 5. The number of hydrogen-bond donors (Lipinski definition) is 9. The van der Waals surface area contributed by atoms with E-state index in [1.54, 1.807) is 41.5 Å². The summed E-state index contributed by atoms with van der Waals surface area (Å²) in [6.45, 7) is 12.4. The summed E-state index contributed by atoms with van der Waals surface area (Å²) < 4.78 is 119. The summed E-state index contributed by atoms with van der Waals surface area (Å²) in [5.74, 6) is -6.25. The molecule has 0 fully saturated rings. The standard InChI is InChI=1S/C54H56N14O16S6/c1-25-15-28(4)47(89(81,82)58-23-42(73)74)30(6)44(25)63-50-45(64-65-51-34(20-55)49(54(8,9)10)66-68(51)53-61-36-14-12-33(19-38(36)86-53)88(79,80)57-22-41(71)72)26(2)17-39(62-50)67(46-27(3)16-29(5)48(31(46)7)90(83,84)59-24-43(75)76)52-60-35-13-11-32(18-37(35)85-52)87(77,78)56-21-40(69)70/h11-19,56-59H,21-24H2,1-10H3,(H,62,63)(H,69,70)(H,71,72)(H,73,74)(H,75,76). The maximum Gasteiger partial charge on any atom is 0.318 e. The Bertz CT molecular complexity index is 4890. The largest absolute Gasteiger partial charge is 0.480 e. The van der Waals surface area contributed by atoms with E-state index in [0.717, 1.165) is 22.7 Å². The maximum absolute atomic E-state index is 14.2. The van der Waals surface area contributed by atoms with Crippen molar-refractivity contribution < 1.29 is 73.3 Å². The Morgan fingerprint density at radius 3 is 1.58 bits per heavy atom. The minimum absolute atomic E-state index is 0.0251. The average molecular weight is 1350 g/mol. The summed E-state index contributed by atoms with van der Waals surface area (Å²) in [5, 5.41) is 65.8. The molecule has 0 bridgehead atoms. The molecule has 8 rings (SSSR count). The molecule has 0 amide bonds. The number of fused-ring (bicyclic) bond motifs is 2. The number of nitrogens with zero attached hydrogens (tertiary/aromatic N) is 9. The highest BCUT2D eigenvalue weighted by molar-refractivity contribution is 7.90. The topological polar surface area (TPSA) is 454 Å². The number of carbonyl (C=O) groups is 4. The number of anilines is 5. The van der Waals surface area contributed by atoms with Gasteiger partial charge in [-0.2, -0.15) is 33.9 Å². The normalized spacial score (nSPS) is 12.5. The number of rotatable bonds is 24. The first-order chi connectivity index (χ1) is 41.8. The molecule has 0 unspecified atom stereocenters. The minimum Gasteiger partial charge on any atom is -0.480 e. The van der Waals surface area contributed by atoms with Gasteiger partial charge < -0.3 is 25.7 Å². The zero-order valence-corrected chi connectivity index (χ0v) is 54.1. The van der Waals surface area contributed by atoms with Crippen molar-refractivity contribution >= 4 is 147 Å². The summed E-state index contributed by atoms with van der Waals surface area (Å²) in [4.78, 5) is 60.9. The number of hydrogen-bond acceptors (Lipinski definition) is 23. The number of nitriles is 1. The van der Waals surface area contributed by atoms with Gasteiger partial charge in [0.1, 0.15) is 49.3 Å². The highest BCUT2D eigenvalue weighted by Crippen LogP contribution is 2.47. The van der Waals surface area contributed by atoms with E-state index in [4.69, 9.17) is 25.3 Å². The molecule has 474 valence electrons. The lowest BCUT2D eigenvalue weighted by molar-refractivity contribution is -0.136. The van der Waals surface area contributed by atoms with E-state index in [9.17, 15) is 73.4 Å². The predicted molar refractivity (Wildman–Crippen MR) is 331 cm³/mol. The Morgan fingerprint density at radius 1 is 0.600 bits per heavy atom. The zero-order chi connectivity index (χ0) is 66.5. The number of carboxylic acid groups (broad SMARTS) is 4. The fourth-order valence-corrected chi connectivity index (χ4v) is 16.7. The van der Waals surface area contributed by atoms with Crippen LogP contribution in [0.3, 0.4) is 0 Å². The van der Waals surface area contributed by atoms with Crippen LogP contribution in [-0.4, -0.2) is 129 Å². The summed E-state index contributed by atoms with van der Waals surface area (Å²) in [7, 11) is -17.9. The monoisotopic (exact) mass is 1350 g/mol. The van der Waals surface area contributed by atoms with Crippen molar-refractivity contribution in [2.75, 3.05) is 36.4 Å². The van der Waals surface area contributed by atoms with Crippen molar-refractivity contribution in [3.8, 4) is 11.2 Å². The second-order valence-corrected chi connectivity index (χ2v) is 30.2. The van der Waals surface area contributed by atoms with Gasteiger partial charge in [-0.1, -0.05) is 55.6 Å². The minimum atomic E-state index is -4.62. The number of pyridine rings is 1. The van der Waals surface area contributed by atoms with Crippen LogP contribution in [0.1, 0.15) is 71.0 Å². The molecule has 4 aromatic carbocycles. The first-order valence-corrected chi connectivity index (χ1v) is 33.9. The van der Waals surface area contributed by atoms with Crippen molar-refractivity contribution in [3.63, 3.8) is 0 Å². The number of azo groups is 1. The van der Waals surface area contributed by atoms with E-state index >= 15 is 0 Å². The third-order valence-electron chi connectivity index (χ3n) is 13.4. The molecule has 9 N–H and O–H groups in total. The van der Waals surface area contributed by atoms with E-state index in [-0.39, 0.29) is 119 Å². The number of aryl methyl sites for hydroxylation is 5. The fraction of sp³-hybridized carbons (Fsp3) is 0.278. The molecule has 36 heteroatoms. The Labute approximate surface area is 522 Å². The van der Waals surface area contributed by atoms with E-state index in [1.165, 1.54) is 91.9 Å². The molecule has 0 aliphatic rings. The third kappa shape index (κ3) is 14.0. The van der Waals surface area contributed by atoms with Crippen molar-refractivity contribution in [2.24, 2.45) is 10.2 Å². The third-order valence-corrected chi connectivity index (χ3v) is 21.6. The van der Waals surface area contributed by atoms with Crippen molar-refractivity contribution in [1.29, 1.82) is 5.26 Å². The zero-order valence-electron chi connectivity index (χ0n) is 49.2. The molecular formula is C54H56N14O16S6. The molecular weight excluding hydrogens is 1290 g/mol. The van der Waals surface area contributed by atoms with Crippen molar-refractivity contribution in [3.05, 3.63) is 105 Å². The van der Waals surface area contributed by atoms with Crippen LogP contribution in [0.15, 0.2) is 84.4 Å². The molecule has 0 aliphatic carbocycles. The number of aliphatic carboxylic acids is 4. The average Bonchev–Trinajstić information content (AvgIpc) is 1.22. The highest BCUT2D eigenvalue weighted by Gasteiger charge is 2.33. The van der Waals surface area contributed by atoms with E-state index < -0.39 is 95.6 Å². The Kier molecular flexibility index (Phi) is 18.8. The number of sulfonamides is 4. The molecule has 4 aromatic heterocycles. The van der Waals surface area contributed by atoms with Crippen molar-refractivity contribution in [2.45, 2.75) is 94.2 Å². The predicted octanol–water partition coefficient (Wildman–Crippen LogP) is 6.90. The number of thiazole rings is 2. The van der Waals surface area contributed by atoms with Crippen molar-refractivity contribution in [1.82, 2.24) is 43.6 Å². The molecule has 0 aliphatic heterocycles. The van der Waals surface area contributed by atoms with Crippen LogP contribution in [0.5, 0.6) is 0 Å². The summed E-state index contributed by atoms with van der Waals surface area (Å²) in [5.41, 5.74) is 1.57. The lowest BCUT2D eigenvalue weighted by Gasteiger charge is -2.28.